The highest BCUT2D eigenvalue weighted by atomic mass is 16.5. The van der Waals surface area contributed by atoms with Gasteiger partial charge in [0.1, 0.15) is 23.0 Å². The zero-order chi connectivity index (χ0) is 23.8. The number of aliphatic hydroxyl groups is 1. The smallest absolute Gasteiger partial charge is 0.309 e. The molecule has 0 saturated heterocycles. The van der Waals surface area contributed by atoms with Crippen LogP contribution in [0.2, 0.25) is 0 Å². The number of fused-ring (bicyclic) bond motifs is 2. The number of carbonyl (C=O) groups is 1. The zero-order valence-corrected chi connectivity index (χ0v) is 20.4. The highest BCUT2D eigenvalue weighted by molar-refractivity contribution is 5.73. The lowest BCUT2D eigenvalue weighted by atomic mass is 9.86. The number of rotatable bonds is 14. The Kier molecular flexibility index (Phi) is 6.63. The van der Waals surface area contributed by atoms with Gasteiger partial charge in [-0.1, -0.05) is 45.3 Å². The monoisotopic (exact) mass is 454 g/mol. The van der Waals surface area contributed by atoms with Crippen LogP contribution in [0.15, 0.2) is 58.5 Å². The molecule has 6 rings (SSSR count). The van der Waals surface area contributed by atoms with E-state index in [9.17, 15) is 15.0 Å². The molecule has 2 atom stereocenters. The minimum absolute atomic E-state index is 0.0149. The predicted molar refractivity (Wildman–Crippen MR) is 128 cm³/mol. The number of carboxylic acids is 1. The molecule has 2 aliphatic carbocycles. The van der Waals surface area contributed by atoms with Gasteiger partial charge in [0.15, 0.2) is 0 Å². The summed E-state index contributed by atoms with van der Waals surface area (Å²) in [4.78, 5) is 11.2. The fraction of sp³-hybridized carbons (Fsp3) is 0.607. The van der Waals surface area contributed by atoms with E-state index in [4.69, 9.17) is 9.47 Å². The third-order valence-corrected chi connectivity index (χ3v) is 7.46. The molecule has 6 aliphatic rings. The quantitative estimate of drug-likeness (QED) is 0.298. The maximum atomic E-state index is 11.2. The van der Waals surface area contributed by atoms with Gasteiger partial charge >= 0.3 is 5.97 Å². The van der Waals surface area contributed by atoms with E-state index in [1.165, 1.54) is 11.1 Å². The Balaban J connectivity index is 1.23. The molecule has 0 fully saturated rings. The van der Waals surface area contributed by atoms with Crippen LogP contribution in [0, 0.1) is 22.7 Å². The van der Waals surface area contributed by atoms with Crippen molar-refractivity contribution in [3.8, 4) is 0 Å². The molecule has 5 nitrogen and oxygen atoms in total. The molecule has 5 heteroatoms. The Morgan fingerprint density at radius 2 is 1.73 bits per heavy atom. The van der Waals surface area contributed by atoms with Crippen LogP contribution in [-0.2, 0) is 14.3 Å². The van der Waals surface area contributed by atoms with E-state index in [-0.39, 0.29) is 17.9 Å². The van der Waals surface area contributed by atoms with Crippen molar-refractivity contribution in [1.82, 2.24) is 0 Å². The molecule has 4 aliphatic heterocycles. The molecule has 4 heterocycles. The van der Waals surface area contributed by atoms with E-state index in [0.29, 0.717) is 12.3 Å². The maximum Gasteiger partial charge on any atom is 0.309 e. The summed E-state index contributed by atoms with van der Waals surface area (Å²) in [5.41, 5.74) is 1.91. The van der Waals surface area contributed by atoms with Gasteiger partial charge < -0.3 is 19.7 Å². The average molecular weight is 455 g/mol. The van der Waals surface area contributed by atoms with E-state index in [1.807, 2.05) is 0 Å². The summed E-state index contributed by atoms with van der Waals surface area (Å²) in [5.74, 6) is 4.07. The minimum atomic E-state index is -0.725. The van der Waals surface area contributed by atoms with Gasteiger partial charge in [0, 0.05) is 18.1 Å². The molecule has 2 unspecified atom stereocenters. The highest BCUT2D eigenvalue weighted by Crippen LogP contribution is 2.49. The third-order valence-electron chi connectivity index (χ3n) is 7.46. The number of carboxylic acid groups (broad SMARTS) is 1. The molecular weight excluding hydrogens is 416 g/mol. The Labute approximate surface area is 197 Å². The summed E-state index contributed by atoms with van der Waals surface area (Å²) in [6.07, 6.45) is 16.8. The number of aliphatic hydroxyl groups excluding tert-OH is 1. The first-order valence-corrected chi connectivity index (χ1v) is 12.4. The van der Waals surface area contributed by atoms with E-state index >= 15 is 0 Å². The van der Waals surface area contributed by atoms with E-state index < -0.39 is 11.4 Å². The maximum absolute atomic E-state index is 11.2. The van der Waals surface area contributed by atoms with Crippen LogP contribution in [0.25, 0.3) is 0 Å². The van der Waals surface area contributed by atoms with Crippen molar-refractivity contribution in [2.75, 3.05) is 6.61 Å². The second kappa shape index (κ2) is 9.17. The van der Waals surface area contributed by atoms with Crippen LogP contribution in [0.4, 0.5) is 0 Å². The molecule has 180 valence electrons. The molecule has 4 bridgehead atoms. The molecule has 33 heavy (non-hydrogen) atoms. The fourth-order valence-corrected chi connectivity index (χ4v) is 4.91. The van der Waals surface area contributed by atoms with Crippen LogP contribution < -0.4 is 0 Å². The average Bonchev–Trinajstić information content (AvgIpc) is 3.49. The Hall–Kier alpha value is -2.27. The van der Waals surface area contributed by atoms with Crippen molar-refractivity contribution in [3.63, 3.8) is 0 Å². The molecule has 0 aromatic heterocycles. The van der Waals surface area contributed by atoms with Crippen LogP contribution in [-0.4, -0.2) is 22.8 Å². The number of hydrogen-bond acceptors (Lipinski definition) is 4. The molecule has 0 radical (unpaired) electrons. The van der Waals surface area contributed by atoms with Gasteiger partial charge in [-0.2, -0.15) is 0 Å². The fourth-order valence-electron chi connectivity index (χ4n) is 4.91. The number of ether oxygens (including phenoxy) is 2. The third kappa shape index (κ3) is 4.98. The molecule has 0 aromatic carbocycles. The summed E-state index contributed by atoms with van der Waals surface area (Å²) in [7, 11) is 0. The number of hydrogen-bond donors (Lipinski definition) is 2. The Morgan fingerprint density at radius 1 is 1.00 bits per heavy atom. The van der Waals surface area contributed by atoms with Gasteiger partial charge in [0.25, 0.3) is 0 Å². The summed E-state index contributed by atoms with van der Waals surface area (Å²) in [6.45, 7) is 8.06. The van der Waals surface area contributed by atoms with E-state index in [0.717, 1.165) is 68.0 Å². The lowest BCUT2D eigenvalue weighted by Gasteiger charge is -2.24. The van der Waals surface area contributed by atoms with Crippen LogP contribution >= 0.6 is 0 Å². The first-order chi connectivity index (χ1) is 15.6. The van der Waals surface area contributed by atoms with Gasteiger partial charge in [-0.15, -0.1) is 0 Å². The van der Waals surface area contributed by atoms with Crippen LogP contribution in [0.1, 0.15) is 79.1 Å². The van der Waals surface area contributed by atoms with Crippen molar-refractivity contribution in [3.05, 3.63) is 58.5 Å². The molecule has 0 spiro atoms. The first kappa shape index (κ1) is 23.9. The van der Waals surface area contributed by atoms with Crippen LogP contribution in [0.5, 0.6) is 0 Å². The standard InChI is InChI=1S/C28H38O5/c1-27(2,17-29)13-7-5-9-18-15-23-21(24(18)33-23)12-11-19-16-22-20(25(19)32-22)10-6-8-14-28(3,4)26(30)31/h11-12,15-16,18-19,29H,5-10,13-14,17H2,1-4H3,(H,30,31). The molecule has 0 saturated carbocycles. The zero-order valence-electron chi connectivity index (χ0n) is 20.4. The SMILES string of the molecule is CC(C)(CO)CCCCC1C=C2OC1=C2C=CC1C=C2OC1=C2CCCCC(C)(C)C(=O)O. The first-order valence-electron chi connectivity index (χ1n) is 12.4. The summed E-state index contributed by atoms with van der Waals surface area (Å²) in [6, 6.07) is 0. The number of allylic oxidation sites excluding steroid dienone is 4. The summed E-state index contributed by atoms with van der Waals surface area (Å²) in [5, 5.41) is 18.6. The molecular formula is C28H38O5. The predicted octanol–water partition coefficient (Wildman–Crippen LogP) is 6.39. The van der Waals surface area contributed by atoms with E-state index in [2.05, 4.69) is 38.2 Å². The molecule has 0 aromatic rings. The van der Waals surface area contributed by atoms with Crippen molar-refractivity contribution in [2.45, 2.75) is 79.1 Å². The number of unbranched alkanes of at least 4 members (excludes halogenated alkanes) is 2. The van der Waals surface area contributed by atoms with Crippen molar-refractivity contribution < 1.29 is 24.5 Å². The van der Waals surface area contributed by atoms with Gasteiger partial charge in [-0.3, -0.25) is 4.79 Å². The van der Waals surface area contributed by atoms with E-state index in [1.54, 1.807) is 13.8 Å². The van der Waals surface area contributed by atoms with Crippen molar-refractivity contribution in [2.24, 2.45) is 22.7 Å². The molecule has 0 amide bonds. The second-order valence-electron chi connectivity index (χ2n) is 11.3. The van der Waals surface area contributed by atoms with Gasteiger partial charge in [0.2, 0.25) is 0 Å². The molecule has 2 N–H and O–H groups in total. The van der Waals surface area contributed by atoms with Gasteiger partial charge in [-0.25, -0.2) is 0 Å². The van der Waals surface area contributed by atoms with Gasteiger partial charge in [-0.05, 0) is 63.5 Å². The number of aliphatic carboxylic acids is 1. The van der Waals surface area contributed by atoms with Gasteiger partial charge in [0.05, 0.1) is 16.9 Å². The topological polar surface area (TPSA) is 76.0 Å². The highest BCUT2D eigenvalue weighted by Gasteiger charge is 2.39. The summed E-state index contributed by atoms with van der Waals surface area (Å²) < 4.78 is 11.6. The Morgan fingerprint density at radius 3 is 2.45 bits per heavy atom. The van der Waals surface area contributed by atoms with Crippen molar-refractivity contribution in [1.29, 1.82) is 0 Å². The Bertz CT molecular complexity index is 957. The lowest BCUT2D eigenvalue weighted by molar-refractivity contribution is -0.147. The normalized spacial score (nSPS) is 23.3. The van der Waals surface area contributed by atoms with Crippen LogP contribution in [0.3, 0.4) is 0 Å². The lowest BCUT2D eigenvalue weighted by Crippen LogP contribution is -2.23. The summed E-state index contributed by atoms with van der Waals surface area (Å²) >= 11 is 0. The minimum Gasteiger partial charge on any atom is -0.481 e. The largest absolute Gasteiger partial charge is 0.481 e. The van der Waals surface area contributed by atoms with Crippen molar-refractivity contribution >= 4 is 5.97 Å². The second-order valence-corrected chi connectivity index (χ2v) is 11.3.